The topological polar surface area (TPSA) is 69.8 Å². The first-order chi connectivity index (χ1) is 9.62. The van der Waals surface area contributed by atoms with Crippen molar-refractivity contribution in [2.75, 3.05) is 13.6 Å². The van der Waals surface area contributed by atoms with Crippen LogP contribution in [0.2, 0.25) is 0 Å². The number of nitrogens with zero attached hydrogens (tertiary/aromatic N) is 1. The number of thiophene rings is 1. The van der Waals surface area contributed by atoms with Crippen LogP contribution in [0, 0.1) is 0 Å². The van der Waals surface area contributed by atoms with E-state index in [1.807, 2.05) is 23.6 Å². The highest BCUT2D eigenvalue weighted by atomic mass is 32.1. The van der Waals surface area contributed by atoms with Crippen LogP contribution in [-0.4, -0.2) is 24.7 Å². The lowest BCUT2D eigenvalue weighted by molar-refractivity contribution is 0.0655. The predicted molar refractivity (Wildman–Crippen MR) is 80.8 cm³/mol. The molecule has 1 atom stereocenters. The van der Waals surface area contributed by atoms with Crippen LogP contribution in [0.4, 0.5) is 0 Å². The second-order valence-electron chi connectivity index (χ2n) is 4.66. The summed E-state index contributed by atoms with van der Waals surface area (Å²) in [4.78, 5) is 5.05. The molecular formula is C14H19N3O2S. The van der Waals surface area contributed by atoms with E-state index in [9.17, 15) is 5.11 Å². The molecule has 0 aliphatic rings. The fraction of sp³-hybridized carbons (Fsp3) is 0.357. The molecule has 0 bridgehead atoms. The van der Waals surface area contributed by atoms with Gasteiger partial charge in [-0.2, -0.15) is 0 Å². The van der Waals surface area contributed by atoms with Crippen molar-refractivity contribution in [1.29, 1.82) is 0 Å². The Labute approximate surface area is 122 Å². The van der Waals surface area contributed by atoms with Crippen LogP contribution in [0.15, 0.2) is 45.5 Å². The van der Waals surface area contributed by atoms with Gasteiger partial charge >= 0.3 is 0 Å². The molecule has 2 aromatic heterocycles. The van der Waals surface area contributed by atoms with Gasteiger partial charge in [-0.1, -0.05) is 6.07 Å². The number of guanidine groups is 1. The van der Waals surface area contributed by atoms with Gasteiger partial charge in [0.05, 0.1) is 19.1 Å². The van der Waals surface area contributed by atoms with Crippen LogP contribution in [0.1, 0.15) is 17.4 Å². The Bertz CT molecular complexity index is 533. The fourth-order valence-corrected chi connectivity index (χ4v) is 2.51. The van der Waals surface area contributed by atoms with Crippen molar-refractivity contribution in [2.45, 2.75) is 19.1 Å². The van der Waals surface area contributed by atoms with Gasteiger partial charge in [-0.3, -0.25) is 4.99 Å². The number of rotatable bonds is 5. The smallest absolute Gasteiger partial charge is 0.191 e. The molecule has 0 saturated carbocycles. The van der Waals surface area contributed by atoms with Crippen LogP contribution < -0.4 is 10.6 Å². The van der Waals surface area contributed by atoms with Crippen LogP contribution >= 0.6 is 11.3 Å². The number of hydrogen-bond donors (Lipinski definition) is 3. The second kappa shape index (κ2) is 6.58. The maximum absolute atomic E-state index is 10.4. The van der Waals surface area contributed by atoms with Crippen molar-refractivity contribution >= 4 is 17.3 Å². The molecular weight excluding hydrogens is 274 g/mol. The van der Waals surface area contributed by atoms with Crippen molar-refractivity contribution in [1.82, 2.24) is 10.6 Å². The van der Waals surface area contributed by atoms with E-state index in [0.29, 0.717) is 19.0 Å². The minimum absolute atomic E-state index is 0.387. The van der Waals surface area contributed by atoms with Gasteiger partial charge in [0.1, 0.15) is 5.60 Å². The standard InChI is InChI=1S/C14H19N3O2S/c1-14(18,12-4-3-7-20-12)10-17-13(15-2)16-8-11-5-6-19-9-11/h3-7,9,18H,8,10H2,1-2H3,(H2,15,16,17). The van der Waals surface area contributed by atoms with Crippen molar-refractivity contribution in [3.05, 3.63) is 46.5 Å². The second-order valence-corrected chi connectivity index (χ2v) is 5.61. The molecule has 0 spiro atoms. The molecule has 5 nitrogen and oxygen atoms in total. The first-order valence-electron chi connectivity index (χ1n) is 6.34. The zero-order valence-corrected chi connectivity index (χ0v) is 12.4. The molecule has 1 unspecified atom stereocenters. The maximum Gasteiger partial charge on any atom is 0.191 e. The van der Waals surface area contributed by atoms with Crippen molar-refractivity contribution in [2.24, 2.45) is 4.99 Å². The lowest BCUT2D eigenvalue weighted by atomic mass is 10.1. The maximum atomic E-state index is 10.4. The third kappa shape index (κ3) is 3.85. The highest BCUT2D eigenvalue weighted by molar-refractivity contribution is 7.10. The molecule has 0 aliphatic heterocycles. The predicted octanol–water partition coefficient (Wildman–Crippen LogP) is 1.91. The van der Waals surface area contributed by atoms with E-state index < -0.39 is 5.60 Å². The summed E-state index contributed by atoms with van der Waals surface area (Å²) in [5.41, 5.74) is 0.125. The summed E-state index contributed by atoms with van der Waals surface area (Å²) in [6, 6.07) is 5.75. The molecule has 0 aromatic carbocycles. The Balaban J connectivity index is 1.85. The summed E-state index contributed by atoms with van der Waals surface area (Å²) in [5, 5.41) is 18.7. The van der Waals surface area contributed by atoms with Crippen molar-refractivity contribution in [3.63, 3.8) is 0 Å². The average Bonchev–Trinajstić information content (AvgIpc) is 3.12. The Morgan fingerprint density at radius 2 is 2.30 bits per heavy atom. The Morgan fingerprint density at radius 1 is 1.45 bits per heavy atom. The van der Waals surface area contributed by atoms with E-state index in [-0.39, 0.29) is 0 Å². The molecule has 0 radical (unpaired) electrons. The molecule has 108 valence electrons. The lowest BCUT2D eigenvalue weighted by Crippen LogP contribution is -2.43. The average molecular weight is 293 g/mol. The zero-order valence-electron chi connectivity index (χ0n) is 11.6. The van der Waals surface area contributed by atoms with Gasteiger partial charge in [0.25, 0.3) is 0 Å². The lowest BCUT2D eigenvalue weighted by Gasteiger charge is -2.23. The molecule has 20 heavy (non-hydrogen) atoms. The van der Waals surface area contributed by atoms with Crippen molar-refractivity contribution < 1.29 is 9.52 Å². The number of aliphatic hydroxyl groups is 1. The molecule has 0 amide bonds. The summed E-state index contributed by atoms with van der Waals surface area (Å²) in [6.45, 7) is 2.80. The molecule has 0 fully saturated rings. The highest BCUT2D eigenvalue weighted by Gasteiger charge is 2.24. The number of aliphatic imine (C=N–C) groups is 1. The molecule has 6 heteroatoms. The molecule has 0 saturated heterocycles. The molecule has 3 N–H and O–H groups in total. The van der Waals surface area contributed by atoms with Crippen LogP contribution in [0.25, 0.3) is 0 Å². The van der Waals surface area contributed by atoms with Crippen molar-refractivity contribution in [3.8, 4) is 0 Å². The number of nitrogens with one attached hydrogen (secondary N) is 2. The fourth-order valence-electron chi connectivity index (χ4n) is 1.73. The van der Waals surface area contributed by atoms with Gasteiger partial charge in [-0.15, -0.1) is 11.3 Å². The summed E-state index contributed by atoms with van der Waals surface area (Å²) in [6.07, 6.45) is 3.32. The van der Waals surface area contributed by atoms with E-state index in [4.69, 9.17) is 4.42 Å². The Morgan fingerprint density at radius 3 is 2.90 bits per heavy atom. The molecule has 2 rings (SSSR count). The van der Waals surface area contributed by atoms with Gasteiger partial charge in [-0.05, 0) is 24.4 Å². The summed E-state index contributed by atoms with van der Waals surface area (Å²) < 4.78 is 5.00. The van der Waals surface area contributed by atoms with E-state index in [1.54, 1.807) is 26.5 Å². The Kier molecular flexibility index (Phi) is 4.81. The third-order valence-corrected chi connectivity index (χ3v) is 4.04. The Hall–Kier alpha value is -1.79. The molecule has 2 aromatic rings. The van der Waals surface area contributed by atoms with Gasteiger partial charge in [0, 0.05) is 24.0 Å². The van der Waals surface area contributed by atoms with Crippen LogP contribution in [0.3, 0.4) is 0 Å². The first-order valence-corrected chi connectivity index (χ1v) is 7.22. The van der Waals surface area contributed by atoms with E-state index in [2.05, 4.69) is 15.6 Å². The normalized spacial score (nSPS) is 14.8. The highest BCUT2D eigenvalue weighted by Crippen LogP contribution is 2.24. The van der Waals surface area contributed by atoms with E-state index in [0.717, 1.165) is 10.4 Å². The first kappa shape index (κ1) is 14.6. The quantitative estimate of drug-likeness (QED) is 0.582. The van der Waals surface area contributed by atoms with Gasteiger partial charge < -0.3 is 20.2 Å². The summed E-state index contributed by atoms with van der Waals surface area (Å²) >= 11 is 1.54. The van der Waals surface area contributed by atoms with Crippen LogP contribution in [0.5, 0.6) is 0 Å². The molecule has 0 aliphatic carbocycles. The SMILES string of the molecule is CN=C(NCc1ccoc1)NCC(C)(O)c1cccs1. The molecule has 2 heterocycles. The summed E-state index contributed by atoms with van der Waals surface area (Å²) in [5.74, 6) is 0.642. The van der Waals surface area contributed by atoms with Gasteiger partial charge in [0.15, 0.2) is 5.96 Å². The van der Waals surface area contributed by atoms with Gasteiger partial charge in [-0.25, -0.2) is 0 Å². The number of hydrogen-bond acceptors (Lipinski definition) is 4. The van der Waals surface area contributed by atoms with E-state index >= 15 is 0 Å². The summed E-state index contributed by atoms with van der Waals surface area (Å²) in [7, 11) is 1.70. The van der Waals surface area contributed by atoms with Crippen LogP contribution in [-0.2, 0) is 12.1 Å². The largest absolute Gasteiger partial charge is 0.472 e. The third-order valence-electron chi connectivity index (χ3n) is 2.92. The zero-order chi connectivity index (χ0) is 14.4. The minimum Gasteiger partial charge on any atom is -0.472 e. The van der Waals surface area contributed by atoms with Gasteiger partial charge in [0.2, 0.25) is 0 Å². The van der Waals surface area contributed by atoms with E-state index in [1.165, 1.54) is 11.3 Å². The monoisotopic (exact) mass is 293 g/mol. The number of furan rings is 1. The minimum atomic E-state index is -0.915.